The lowest BCUT2D eigenvalue weighted by Gasteiger charge is -2.43. The first kappa shape index (κ1) is 35.5. The predicted molar refractivity (Wildman–Crippen MR) is 193 cm³/mol. The van der Waals surface area contributed by atoms with Crippen molar-refractivity contribution in [2.75, 3.05) is 7.05 Å². The predicted octanol–water partition coefficient (Wildman–Crippen LogP) is 8.51. The molecular weight excluding hydrogens is 613 g/mol. The van der Waals surface area contributed by atoms with Gasteiger partial charge in [0, 0.05) is 30.1 Å². The lowest BCUT2D eigenvalue weighted by atomic mass is 9.68. The van der Waals surface area contributed by atoms with Crippen LogP contribution in [-0.2, 0) is 16.1 Å². The fraction of sp³-hybridized carbons (Fsp3) is 0.357. The number of amides is 3. The van der Waals surface area contributed by atoms with E-state index in [0.717, 1.165) is 22.3 Å². The Labute approximate surface area is 290 Å². The summed E-state index contributed by atoms with van der Waals surface area (Å²) in [5, 5.41) is 6.41. The van der Waals surface area contributed by atoms with Crippen LogP contribution in [0.2, 0.25) is 0 Å². The number of aryl methyl sites for hydroxylation is 1. The maximum absolute atomic E-state index is 14.0. The molecule has 4 aromatic carbocycles. The van der Waals surface area contributed by atoms with Crippen LogP contribution in [0.25, 0.3) is 11.1 Å². The Morgan fingerprint density at radius 2 is 1.43 bits per heavy atom. The summed E-state index contributed by atoms with van der Waals surface area (Å²) in [7, 11) is 1.69. The van der Waals surface area contributed by atoms with Gasteiger partial charge >= 0.3 is 0 Å². The van der Waals surface area contributed by atoms with Crippen LogP contribution < -0.4 is 10.6 Å². The van der Waals surface area contributed by atoms with Crippen molar-refractivity contribution in [3.05, 3.63) is 131 Å². The molecular formula is C42H48FN3O3. The van der Waals surface area contributed by atoms with E-state index in [0.29, 0.717) is 42.7 Å². The minimum absolute atomic E-state index is 0.124. The third-order valence-corrected chi connectivity index (χ3v) is 10.2. The smallest absolute Gasteiger partial charge is 0.252 e. The van der Waals surface area contributed by atoms with E-state index in [9.17, 15) is 18.8 Å². The standard InChI is InChI=1S/C42H48FN3O3/c1-28(2)31-17-19-32(20-18-31)36-29(3)11-10-14-35(36)38(47)45-42(5)25-23-41(4,24-26-42)40(49)44-37(33-12-8-7-9-13-33)39(48)46(6)27-30-15-21-34(43)22-16-30/h7-22,28,37H,23-27H2,1-6H3,(H,44,49)(H,45,47)/t37-,41?,42?/m0/s1. The number of hydrogen-bond acceptors (Lipinski definition) is 3. The van der Waals surface area contributed by atoms with E-state index in [1.54, 1.807) is 24.1 Å². The first-order valence-corrected chi connectivity index (χ1v) is 17.2. The van der Waals surface area contributed by atoms with Crippen LogP contribution in [0, 0.1) is 18.2 Å². The Balaban J connectivity index is 1.27. The van der Waals surface area contributed by atoms with Gasteiger partial charge in [-0.2, -0.15) is 0 Å². The fourth-order valence-corrected chi connectivity index (χ4v) is 6.72. The monoisotopic (exact) mass is 661 g/mol. The van der Waals surface area contributed by atoms with Gasteiger partial charge in [-0.05, 0) is 97.0 Å². The molecule has 0 saturated heterocycles. The summed E-state index contributed by atoms with van der Waals surface area (Å²) >= 11 is 0. The van der Waals surface area contributed by atoms with Gasteiger partial charge in [-0.3, -0.25) is 14.4 Å². The van der Waals surface area contributed by atoms with Gasteiger partial charge in [0.1, 0.15) is 11.9 Å². The molecule has 5 rings (SSSR count). The second-order valence-corrected chi connectivity index (χ2v) is 14.5. The summed E-state index contributed by atoms with van der Waals surface area (Å²) in [5.41, 5.74) is 5.13. The summed E-state index contributed by atoms with van der Waals surface area (Å²) in [6, 6.07) is 28.7. The van der Waals surface area contributed by atoms with E-state index < -0.39 is 17.0 Å². The molecule has 0 unspecified atom stereocenters. The lowest BCUT2D eigenvalue weighted by molar-refractivity contribution is -0.140. The van der Waals surface area contributed by atoms with Crippen molar-refractivity contribution in [1.29, 1.82) is 0 Å². The van der Waals surface area contributed by atoms with Crippen molar-refractivity contribution >= 4 is 17.7 Å². The molecule has 3 amide bonds. The van der Waals surface area contributed by atoms with Gasteiger partial charge in [-0.15, -0.1) is 0 Å². The van der Waals surface area contributed by atoms with Gasteiger partial charge in [-0.25, -0.2) is 4.39 Å². The van der Waals surface area contributed by atoms with Crippen molar-refractivity contribution in [3.8, 4) is 11.1 Å². The topological polar surface area (TPSA) is 78.5 Å². The molecule has 1 atom stereocenters. The number of hydrogen-bond donors (Lipinski definition) is 2. The largest absolute Gasteiger partial charge is 0.347 e. The van der Waals surface area contributed by atoms with Gasteiger partial charge in [0.15, 0.2) is 0 Å². The molecule has 49 heavy (non-hydrogen) atoms. The normalized spacial score (nSPS) is 19.6. The molecule has 1 aliphatic rings. The van der Waals surface area contributed by atoms with E-state index in [-0.39, 0.29) is 30.1 Å². The van der Waals surface area contributed by atoms with Gasteiger partial charge < -0.3 is 15.5 Å². The molecule has 7 heteroatoms. The quantitative estimate of drug-likeness (QED) is 0.179. The van der Waals surface area contributed by atoms with Crippen LogP contribution in [0.15, 0.2) is 97.1 Å². The third-order valence-electron chi connectivity index (χ3n) is 10.2. The molecule has 0 spiro atoms. The zero-order valence-electron chi connectivity index (χ0n) is 29.5. The highest BCUT2D eigenvalue weighted by atomic mass is 19.1. The molecule has 1 aliphatic carbocycles. The van der Waals surface area contributed by atoms with E-state index in [4.69, 9.17) is 0 Å². The minimum Gasteiger partial charge on any atom is -0.347 e. The number of nitrogens with one attached hydrogen (secondary N) is 2. The Morgan fingerprint density at radius 3 is 2.04 bits per heavy atom. The van der Waals surface area contributed by atoms with Crippen LogP contribution in [0.3, 0.4) is 0 Å². The molecule has 4 aromatic rings. The molecule has 6 nitrogen and oxygen atoms in total. The molecule has 0 radical (unpaired) electrons. The van der Waals surface area contributed by atoms with Gasteiger partial charge in [0.25, 0.3) is 5.91 Å². The Morgan fingerprint density at radius 1 is 0.796 bits per heavy atom. The maximum Gasteiger partial charge on any atom is 0.252 e. The zero-order chi connectivity index (χ0) is 35.3. The van der Waals surface area contributed by atoms with Crippen molar-refractivity contribution in [3.63, 3.8) is 0 Å². The maximum atomic E-state index is 14.0. The summed E-state index contributed by atoms with van der Waals surface area (Å²) in [6.07, 6.45) is 2.32. The average Bonchev–Trinajstić information content (AvgIpc) is 3.09. The van der Waals surface area contributed by atoms with Crippen LogP contribution >= 0.6 is 0 Å². The molecule has 0 bridgehead atoms. The Bertz CT molecular complexity index is 1780. The molecule has 0 aliphatic heterocycles. The lowest BCUT2D eigenvalue weighted by Crippen LogP contribution is -2.53. The highest BCUT2D eigenvalue weighted by Crippen LogP contribution is 2.42. The summed E-state index contributed by atoms with van der Waals surface area (Å²) in [4.78, 5) is 43.2. The molecule has 1 saturated carbocycles. The van der Waals surface area contributed by atoms with Gasteiger partial charge in [-0.1, -0.05) is 99.6 Å². The number of carbonyl (C=O) groups excluding carboxylic acids is 3. The van der Waals surface area contributed by atoms with E-state index in [1.807, 2.05) is 62.4 Å². The number of carbonyl (C=O) groups is 3. The van der Waals surface area contributed by atoms with Crippen molar-refractivity contribution in [1.82, 2.24) is 15.5 Å². The number of halogens is 1. The van der Waals surface area contributed by atoms with Crippen molar-refractivity contribution in [2.24, 2.45) is 5.41 Å². The Hall–Kier alpha value is -4.78. The van der Waals surface area contributed by atoms with E-state index in [1.165, 1.54) is 17.7 Å². The van der Waals surface area contributed by atoms with Crippen LogP contribution in [-0.4, -0.2) is 35.2 Å². The van der Waals surface area contributed by atoms with Crippen molar-refractivity contribution < 1.29 is 18.8 Å². The molecule has 1 fully saturated rings. The van der Waals surface area contributed by atoms with Crippen LogP contribution in [0.5, 0.6) is 0 Å². The number of likely N-dealkylation sites (N-methyl/N-ethyl adjacent to an activating group) is 1. The van der Waals surface area contributed by atoms with E-state index >= 15 is 0 Å². The summed E-state index contributed by atoms with van der Waals surface area (Å²) < 4.78 is 13.5. The number of rotatable bonds is 10. The SMILES string of the molecule is Cc1cccc(C(=O)NC2(C)CCC(C)(C(=O)N[C@H](C(=O)N(C)Cc3ccc(F)cc3)c3ccccc3)CC2)c1-c1ccc(C(C)C)cc1. The average molecular weight is 662 g/mol. The first-order valence-electron chi connectivity index (χ1n) is 17.2. The van der Waals surface area contributed by atoms with Crippen LogP contribution in [0.4, 0.5) is 4.39 Å². The highest BCUT2D eigenvalue weighted by molar-refractivity contribution is 6.02. The first-order chi connectivity index (χ1) is 23.3. The second-order valence-electron chi connectivity index (χ2n) is 14.5. The second kappa shape index (κ2) is 14.8. The molecule has 0 heterocycles. The highest BCUT2D eigenvalue weighted by Gasteiger charge is 2.44. The third kappa shape index (κ3) is 8.27. The van der Waals surface area contributed by atoms with Gasteiger partial charge in [0.05, 0.1) is 0 Å². The molecule has 256 valence electrons. The fourth-order valence-electron chi connectivity index (χ4n) is 6.72. The van der Waals surface area contributed by atoms with E-state index in [2.05, 4.69) is 55.7 Å². The number of nitrogens with zero attached hydrogens (tertiary/aromatic N) is 1. The number of benzene rings is 4. The summed E-state index contributed by atoms with van der Waals surface area (Å²) in [6.45, 7) is 10.6. The zero-order valence-corrected chi connectivity index (χ0v) is 29.5. The molecule has 0 aromatic heterocycles. The van der Waals surface area contributed by atoms with Crippen molar-refractivity contribution in [2.45, 2.75) is 84.3 Å². The van der Waals surface area contributed by atoms with Gasteiger partial charge in [0.2, 0.25) is 11.8 Å². The Kier molecular flexibility index (Phi) is 10.7. The molecule has 2 N–H and O–H groups in total. The van der Waals surface area contributed by atoms with Crippen LogP contribution in [0.1, 0.15) is 97.9 Å². The minimum atomic E-state index is -0.877. The summed E-state index contributed by atoms with van der Waals surface area (Å²) in [5.74, 6) is -0.485.